The fourth-order valence-electron chi connectivity index (χ4n) is 8.05. The third-order valence-electron chi connectivity index (χ3n) is 12.0. The first-order chi connectivity index (χ1) is 35.9. The highest BCUT2D eigenvalue weighted by atomic mass is 16.3. The van der Waals surface area contributed by atoms with Gasteiger partial charge in [0, 0.05) is 25.9 Å². The van der Waals surface area contributed by atoms with E-state index >= 15 is 0 Å². The van der Waals surface area contributed by atoms with Crippen LogP contribution in [0, 0.1) is 11.8 Å². The van der Waals surface area contributed by atoms with Gasteiger partial charge in [-0.3, -0.25) is 52.9 Å². The fourth-order valence-corrected chi connectivity index (χ4v) is 8.05. The number of benzene rings is 2. The number of likely N-dealkylation sites (tertiary alicyclic amines) is 1. The number of aliphatic hydroxyl groups excluding tert-OH is 1. The molecule has 1 aliphatic rings. The Morgan fingerprint density at radius 1 is 0.658 bits per heavy atom. The van der Waals surface area contributed by atoms with E-state index in [0.29, 0.717) is 36.9 Å². The standard InChI is InChI=1S/C50H76N14O12/c1-27(2)21-34(61-47(74)38-14-10-20-64(38)49(76)29(5)51)45(72)62-37(26-65)44(71)57-24-39(67)58-36(22-30-11-7-6-8-12-30)46(73)60-35(23-31-15-17-32(66)18-16-31)43(70)56-25-40(68)63-41(28(3)4)48(75)59-33(42(52)69)13-9-19-55-50(53)54/h6-8,11-12,15-18,27-29,33-38,41,65-66H,9-10,13-14,19-26,51H2,1-5H3,(H2,52,69)(H,56,70)(H,57,71)(H,58,67)(H,59,75)(H,60,73)(H,61,74)(H,62,72)(H,63,68)(H4,53,54,55)/t29-,33-,34-,35-,36-,37-,38-,41-/m0/s1. The summed E-state index contributed by atoms with van der Waals surface area (Å²) >= 11 is 0. The van der Waals surface area contributed by atoms with E-state index in [1.54, 1.807) is 44.2 Å². The largest absolute Gasteiger partial charge is 0.508 e. The van der Waals surface area contributed by atoms with Gasteiger partial charge in [0.15, 0.2) is 5.96 Å². The molecular formula is C50H76N14O12. The minimum atomic E-state index is -1.58. The minimum absolute atomic E-state index is 0.0732. The summed E-state index contributed by atoms with van der Waals surface area (Å²) in [4.78, 5) is 138. The molecule has 8 atom stereocenters. The zero-order valence-corrected chi connectivity index (χ0v) is 43.6. The molecule has 3 rings (SSSR count). The number of aromatic hydroxyl groups is 1. The van der Waals surface area contributed by atoms with Crippen molar-refractivity contribution in [3.8, 4) is 5.75 Å². The monoisotopic (exact) mass is 1060 g/mol. The second-order valence-electron chi connectivity index (χ2n) is 19.3. The van der Waals surface area contributed by atoms with Crippen LogP contribution >= 0.6 is 0 Å². The summed E-state index contributed by atoms with van der Waals surface area (Å²) < 4.78 is 0. The number of aliphatic imine (C=N–C) groups is 1. The zero-order valence-electron chi connectivity index (χ0n) is 43.6. The first kappa shape index (κ1) is 62.4. The van der Waals surface area contributed by atoms with Gasteiger partial charge in [0.25, 0.3) is 0 Å². The Balaban J connectivity index is 1.73. The van der Waals surface area contributed by atoms with E-state index in [4.69, 9.17) is 22.9 Å². The van der Waals surface area contributed by atoms with Crippen molar-refractivity contribution >= 4 is 65.0 Å². The lowest BCUT2D eigenvalue weighted by molar-refractivity contribution is -0.140. The number of rotatable bonds is 30. The lowest BCUT2D eigenvalue weighted by atomic mass is 10.0. The molecule has 418 valence electrons. The SMILES string of the molecule is CC(C)C[C@H](NC(=O)[C@@H]1CCCN1C(=O)[C@H](C)N)C(=O)N[C@@H](CO)C(=O)NCC(=O)N[C@@H](Cc1ccccc1)C(=O)N[C@@H](Cc1ccc(O)cc1)C(=O)NCC(=O)N[C@H](C(=O)N[C@@H](CCCN=C(N)N)C(N)=O)C(C)C. The molecule has 0 spiro atoms. The predicted octanol–water partition coefficient (Wildman–Crippen LogP) is -4.11. The summed E-state index contributed by atoms with van der Waals surface area (Å²) in [6, 6.07) is 4.75. The number of phenols is 1. The van der Waals surface area contributed by atoms with Gasteiger partial charge in [-0.15, -0.1) is 0 Å². The third-order valence-corrected chi connectivity index (χ3v) is 12.0. The molecule has 0 unspecified atom stereocenters. The van der Waals surface area contributed by atoms with Crippen LogP contribution in [-0.4, -0.2) is 161 Å². The van der Waals surface area contributed by atoms with E-state index in [1.807, 2.05) is 13.8 Å². The topological polar surface area (TPSA) is 427 Å². The first-order valence-corrected chi connectivity index (χ1v) is 25.1. The van der Waals surface area contributed by atoms with Crippen molar-refractivity contribution in [3.05, 3.63) is 65.7 Å². The summed E-state index contributed by atoms with van der Waals surface area (Å²) in [5.74, 6) is -8.54. The number of hydrogen-bond acceptors (Lipinski definition) is 14. The summed E-state index contributed by atoms with van der Waals surface area (Å²) in [5, 5.41) is 40.2. The predicted molar refractivity (Wildman–Crippen MR) is 278 cm³/mol. The number of amides is 10. The van der Waals surface area contributed by atoms with Crippen LogP contribution in [0.25, 0.3) is 0 Å². The van der Waals surface area contributed by atoms with Gasteiger partial charge in [0.05, 0.1) is 25.7 Å². The zero-order chi connectivity index (χ0) is 56.6. The molecular weight excluding hydrogens is 989 g/mol. The van der Waals surface area contributed by atoms with Gasteiger partial charge in [0.1, 0.15) is 48.0 Å². The molecule has 0 saturated carbocycles. The van der Waals surface area contributed by atoms with E-state index in [1.165, 1.54) is 36.1 Å². The molecule has 26 nitrogen and oxygen atoms in total. The molecule has 0 radical (unpaired) electrons. The molecule has 10 amide bonds. The summed E-state index contributed by atoms with van der Waals surface area (Å²) in [6.45, 7) is 6.59. The molecule has 2 aromatic carbocycles. The van der Waals surface area contributed by atoms with Crippen LogP contribution in [0.2, 0.25) is 0 Å². The molecule has 0 aliphatic carbocycles. The van der Waals surface area contributed by atoms with E-state index < -0.39 is 133 Å². The summed E-state index contributed by atoms with van der Waals surface area (Å²) in [7, 11) is 0. The highest BCUT2D eigenvalue weighted by Crippen LogP contribution is 2.19. The lowest BCUT2D eigenvalue weighted by Crippen LogP contribution is -2.59. The van der Waals surface area contributed by atoms with E-state index in [2.05, 4.69) is 47.5 Å². The summed E-state index contributed by atoms with van der Waals surface area (Å²) in [6.07, 6.45) is 1.17. The molecule has 1 aliphatic heterocycles. The smallest absolute Gasteiger partial charge is 0.245 e. The average Bonchev–Trinajstić information content (AvgIpc) is 3.86. The van der Waals surface area contributed by atoms with Crippen molar-refractivity contribution < 1.29 is 58.2 Å². The van der Waals surface area contributed by atoms with E-state index in [0.717, 1.165) is 0 Å². The van der Waals surface area contributed by atoms with Crippen LogP contribution < -0.4 is 65.5 Å². The molecule has 1 fully saturated rings. The Kier molecular flexibility index (Phi) is 25.6. The van der Waals surface area contributed by atoms with Crippen molar-refractivity contribution in [2.24, 2.45) is 39.8 Å². The minimum Gasteiger partial charge on any atom is -0.508 e. The van der Waals surface area contributed by atoms with Crippen LogP contribution in [0.1, 0.15) is 77.8 Å². The normalized spacial score (nSPS) is 15.8. The summed E-state index contributed by atoms with van der Waals surface area (Å²) in [5.41, 5.74) is 23.0. The molecule has 1 saturated heterocycles. The van der Waals surface area contributed by atoms with Crippen molar-refractivity contribution in [2.45, 2.75) is 128 Å². The second-order valence-corrected chi connectivity index (χ2v) is 19.3. The number of carbonyl (C=O) groups is 10. The number of carbonyl (C=O) groups excluding carboxylic acids is 10. The van der Waals surface area contributed by atoms with Gasteiger partial charge in [-0.2, -0.15) is 0 Å². The quantitative estimate of drug-likeness (QED) is 0.0201. The third kappa shape index (κ3) is 21.2. The number of phenolic OH excluding ortho intramolecular Hbond substituents is 1. The maximum atomic E-state index is 14.2. The number of aliphatic hydroxyl groups is 1. The Bertz CT molecular complexity index is 2350. The number of nitrogens with one attached hydrogen (secondary N) is 8. The fraction of sp³-hybridized carbons (Fsp3) is 0.540. The highest BCUT2D eigenvalue weighted by molar-refractivity contribution is 5.98. The van der Waals surface area contributed by atoms with Gasteiger partial charge in [-0.05, 0) is 74.1 Å². The van der Waals surface area contributed by atoms with Crippen LogP contribution in [0.4, 0.5) is 0 Å². The van der Waals surface area contributed by atoms with Crippen molar-refractivity contribution in [3.63, 3.8) is 0 Å². The van der Waals surface area contributed by atoms with Gasteiger partial charge < -0.3 is 80.6 Å². The first-order valence-electron chi connectivity index (χ1n) is 25.1. The molecule has 18 N–H and O–H groups in total. The van der Waals surface area contributed by atoms with Crippen molar-refractivity contribution in [1.82, 2.24) is 47.4 Å². The van der Waals surface area contributed by atoms with Gasteiger partial charge in [-0.1, -0.05) is 70.2 Å². The number of guanidine groups is 1. The van der Waals surface area contributed by atoms with E-state index in [9.17, 15) is 58.2 Å². The van der Waals surface area contributed by atoms with Gasteiger partial charge >= 0.3 is 0 Å². The Labute approximate surface area is 441 Å². The maximum Gasteiger partial charge on any atom is 0.245 e. The lowest BCUT2D eigenvalue weighted by Gasteiger charge is -2.28. The van der Waals surface area contributed by atoms with Gasteiger partial charge in [-0.25, -0.2) is 0 Å². The number of nitrogens with zero attached hydrogens (tertiary/aromatic N) is 2. The molecule has 1 heterocycles. The maximum absolute atomic E-state index is 14.2. The van der Waals surface area contributed by atoms with Crippen molar-refractivity contribution in [2.75, 3.05) is 32.8 Å². The molecule has 2 aromatic rings. The molecule has 26 heteroatoms. The van der Waals surface area contributed by atoms with Gasteiger partial charge in [0.2, 0.25) is 59.1 Å². The van der Waals surface area contributed by atoms with Crippen LogP contribution in [0.3, 0.4) is 0 Å². The number of primary amides is 1. The Morgan fingerprint density at radius 2 is 1.20 bits per heavy atom. The average molecular weight is 1070 g/mol. The highest BCUT2D eigenvalue weighted by Gasteiger charge is 2.38. The Hall–Kier alpha value is -7.87. The molecule has 0 bridgehead atoms. The Morgan fingerprint density at radius 3 is 1.75 bits per heavy atom. The van der Waals surface area contributed by atoms with Crippen LogP contribution in [0.15, 0.2) is 59.6 Å². The second kappa shape index (κ2) is 31.1. The van der Waals surface area contributed by atoms with Crippen LogP contribution in [-0.2, 0) is 60.8 Å². The number of hydrogen-bond donors (Lipinski definition) is 14. The van der Waals surface area contributed by atoms with Crippen LogP contribution in [0.5, 0.6) is 5.75 Å². The molecule has 76 heavy (non-hydrogen) atoms. The van der Waals surface area contributed by atoms with E-state index in [-0.39, 0.29) is 49.9 Å². The van der Waals surface area contributed by atoms with Crippen molar-refractivity contribution in [1.29, 1.82) is 0 Å². The molecule has 0 aromatic heterocycles. The number of nitrogens with two attached hydrogens (primary N) is 4.